The zero-order chi connectivity index (χ0) is 17.4. The minimum atomic E-state index is 0.105. The summed E-state index contributed by atoms with van der Waals surface area (Å²) >= 11 is 0. The second-order valence-corrected chi connectivity index (χ2v) is 6.60. The predicted octanol–water partition coefficient (Wildman–Crippen LogP) is 1.62. The molecule has 1 aromatic rings. The fourth-order valence-corrected chi connectivity index (χ4v) is 3.27. The van der Waals surface area contributed by atoms with Crippen LogP contribution in [-0.4, -0.2) is 80.6 Å². The van der Waals surface area contributed by atoms with Gasteiger partial charge in [-0.3, -0.25) is 9.80 Å². The van der Waals surface area contributed by atoms with Crippen LogP contribution in [0.4, 0.5) is 0 Å². The molecule has 0 atom stereocenters. The van der Waals surface area contributed by atoms with Gasteiger partial charge in [0.2, 0.25) is 0 Å². The molecule has 0 unspecified atom stereocenters. The third-order valence-electron chi connectivity index (χ3n) is 4.51. The van der Waals surface area contributed by atoms with Crippen molar-refractivity contribution in [2.75, 3.05) is 65.7 Å². The van der Waals surface area contributed by atoms with Crippen molar-refractivity contribution in [1.29, 1.82) is 0 Å². The molecule has 2 rings (SSSR count). The monoisotopic (exact) mass is 336 g/mol. The summed E-state index contributed by atoms with van der Waals surface area (Å²) in [6, 6.07) is 4.36. The zero-order valence-corrected chi connectivity index (χ0v) is 15.4. The van der Waals surface area contributed by atoms with E-state index < -0.39 is 0 Å². The molecule has 0 spiro atoms. The van der Waals surface area contributed by atoms with Gasteiger partial charge in [-0.1, -0.05) is 17.7 Å². The number of benzene rings is 1. The van der Waals surface area contributed by atoms with Gasteiger partial charge in [-0.15, -0.1) is 0 Å². The maximum absolute atomic E-state index is 8.69. The van der Waals surface area contributed by atoms with Crippen molar-refractivity contribution in [2.45, 2.75) is 20.8 Å². The molecule has 24 heavy (non-hydrogen) atoms. The molecule has 0 aliphatic carbocycles. The van der Waals surface area contributed by atoms with E-state index in [1.165, 1.54) is 16.7 Å². The number of hydrogen-bond donors (Lipinski definition) is 1. The lowest BCUT2D eigenvalue weighted by Crippen LogP contribution is -2.48. The normalized spacial score (nSPS) is 16.5. The molecule has 1 aromatic carbocycles. The van der Waals surface area contributed by atoms with Gasteiger partial charge in [0.05, 0.1) is 19.8 Å². The number of nitrogens with zero attached hydrogens (tertiary/aromatic N) is 2. The van der Waals surface area contributed by atoms with Gasteiger partial charge in [-0.05, 0) is 31.9 Å². The average molecular weight is 336 g/mol. The van der Waals surface area contributed by atoms with Gasteiger partial charge in [-0.2, -0.15) is 0 Å². The van der Waals surface area contributed by atoms with E-state index in [4.69, 9.17) is 14.6 Å². The minimum absolute atomic E-state index is 0.105. The number of piperazine rings is 1. The summed E-state index contributed by atoms with van der Waals surface area (Å²) in [6.07, 6.45) is 0. The topological polar surface area (TPSA) is 45.2 Å². The number of aliphatic hydroxyl groups excluding tert-OH is 1. The van der Waals surface area contributed by atoms with E-state index in [1.54, 1.807) is 0 Å². The van der Waals surface area contributed by atoms with Crippen LogP contribution in [-0.2, 0) is 4.74 Å². The summed E-state index contributed by atoms with van der Waals surface area (Å²) in [4.78, 5) is 4.88. The fraction of sp³-hybridized carbons (Fsp3) is 0.684. The SMILES string of the molecule is Cc1cc(C)c(OCCN2CCN(CCOCCO)CC2)c(C)c1. The van der Waals surface area contributed by atoms with Crippen molar-refractivity contribution in [3.8, 4) is 5.75 Å². The first kappa shape index (κ1) is 19.2. The summed E-state index contributed by atoms with van der Waals surface area (Å²) in [7, 11) is 0. The molecule has 5 heteroatoms. The quantitative estimate of drug-likeness (QED) is 0.694. The molecule has 0 amide bonds. The molecule has 1 aliphatic heterocycles. The van der Waals surface area contributed by atoms with E-state index in [2.05, 4.69) is 42.7 Å². The Morgan fingerprint density at radius 2 is 1.42 bits per heavy atom. The van der Waals surface area contributed by atoms with Gasteiger partial charge >= 0.3 is 0 Å². The molecule has 1 N–H and O–H groups in total. The van der Waals surface area contributed by atoms with E-state index in [9.17, 15) is 0 Å². The Kier molecular flexibility index (Phi) is 7.99. The van der Waals surface area contributed by atoms with Crippen LogP contribution in [0.2, 0.25) is 0 Å². The Balaban J connectivity index is 1.65. The van der Waals surface area contributed by atoms with Crippen molar-refractivity contribution in [2.24, 2.45) is 0 Å². The highest BCUT2D eigenvalue weighted by atomic mass is 16.5. The van der Waals surface area contributed by atoms with Gasteiger partial charge in [0.15, 0.2) is 0 Å². The van der Waals surface area contributed by atoms with Crippen molar-refractivity contribution in [3.05, 3.63) is 28.8 Å². The molecule has 1 fully saturated rings. The van der Waals surface area contributed by atoms with Crippen LogP contribution >= 0.6 is 0 Å². The second-order valence-electron chi connectivity index (χ2n) is 6.60. The Morgan fingerprint density at radius 3 is 1.96 bits per heavy atom. The highest BCUT2D eigenvalue weighted by molar-refractivity contribution is 5.42. The highest BCUT2D eigenvalue weighted by Gasteiger charge is 2.16. The molecule has 0 radical (unpaired) electrons. The zero-order valence-electron chi connectivity index (χ0n) is 15.4. The lowest BCUT2D eigenvalue weighted by atomic mass is 10.1. The average Bonchev–Trinajstić information content (AvgIpc) is 2.55. The Morgan fingerprint density at radius 1 is 0.875 bits per heavy atom. The first-order chi connectivity index (χ1) is 11.6. The molecular formula is C19H32N2O3. The van der Waals surface area contributed by atoms with Crippen LogP contribution in [0, 0.1) is 20.8 Å². The highest BCUT2D eigenvalue weighted by Crippen LogP contribution is 2.24. The van der Waals surface area contributed by atoms with E-state index in [1.807, 2.05) is 0 Å². The van der Waals surface area contributed by atoms with Crippen LogP contribution in [0.1, 0.15) is 16.7 Å². The molecule has 1 heterocycles. The number of ether oxygens (including phenoxy) is 2. The number of hydrogen-bond acceptors (Lipinski definition) is 5. The maximum Gasteiger partial charge on any atom is 0.125 e. The first-order valence-corrected chi connectivity index (χ1v) is 8.94. The van der Waals surface area contributed by atoms with E-state index in [0.29, 0.717) is 13.2 Å². The predicted molar refractivity (Wildman–Crippen MR) is 96.9 cm³/mol. The summed E-state index contributed by atoms with van der Waals surface area (Å²) < 4.78 is 11.4. The minimum Gasteiger partial charge on any atom is -0.492 e. The van der Waals surface area contributed by atoms with Crippen LogP contribution in [0.25, 0.3) is 0 Å². The molecule has 0 aromatic heterocycles. The fourth-order valence-electron chi connectivity index (χ4n) is 3.27. The summed E-state index contributed by atoms with van der Waals surface area (Å²) in [5, 5.41) is 8.69. The van der Waals surface area contributed by atoms with E-state index >= 15 is 0 Å². The van der Waals surface area contributed by atoms with Crippen molar-refractivity contribution in [3.63, 3.8) is 0 Å². The second kappa shape index (κ2) is 9.99. The van der Waals surface area contributed by atoms with Crippen molar-refractivity contribution >= 4 is 0 Å². The molecule has 0 saturated carbocycles. The Labute approximate surface area is 146 Å². The third kappa shape index (κ3) is 6.06. The lowest BCUT2D eigenvalue weighted by molar-refractivity contribution is 0.0553. The summed E-state index contributed by atoms with van der Waals surface area (Å²) in [5.41, 5.74) is 3.73. The van der Waals surface area contributed by atoms with Crippen LogP contribution in [0.15, 0.2) is 12.1 Å². The third-order valence-corrected chi connectivity index (χ3v) is 4.51. The van der Waals surface area contributed by atoms with Crippen LogP contribution < -0.4 is 4.74 Å². The number of aliphatic hydroxyl groups is 1. The molecule has 1 saturated heterocycles. The number of rotatable bonds is 9. The molecule has 1 aliphatic rings. The summed E-state index contributed by atoms with van der Waals surface area (Å²) in [5.74, 6) is 1.04. The molecule has 5 nitrogen and oxygen atoms in total. The largest absolute Gasteiger partial charge is 0.492 e. The Bertz CT molecular complexity index is 476. The standard InChI is InChI=1S/C19H32N2O3/c1-16-14-17(2)19(18(3)15-16)24-12-9-21-6-4-20(5-7-21)8-11-23-13-10-22/h14-15,22H,4-13H2,1-3H3. The molecular weight excluding hydrogens is 304 g/mol. The van der Waals surface area contributed by atoms with E-state index in [-0.39, 0.29) is 6.61 Å². The van der Waals surface area contributed by atoms with Gasteiger partial charge in [-0.25, -0.2) is 0 Å². The van der Waals surface area contributed by atoms with Gasteiger partial charge in [0, 0.05) is 39.3 Å². The van der Waals surface area contributed by atoms with Crippen LogP contribution in [0.3, 0.4) is 0 Å². The van der Waals surface area contributed by atoms with Crippen molar-refractivity contribution < 1.29 is 14.6 Å². The maximum atomic E-state index is 8.69. The van der Waals surface area contributed by atoms with Gasteiger partial charge < -0.3 is 14.6 Å². The summed E-state index contributed by atoms with van der Waals surface area (Å²) in [6.45, 7) is 14.6. The molecule has 136 valence electrons. The Hall–Kier alpha value is -1.14. The molecule has 0 bridgehead atoms. The first-order valence-electron chi connectivity index (χ1n) is 8.94. The number of aryl methyl sites for hydroxylation is 3. The smallest absolute Gasteiger partial charge is 0.125 e. The van der Waals surface area contributed by atoms with E-state index in [0.717, 1.165) is 51.6 Å². The van der Waals surface area contributed by atoms with Crippen LogP contribution in [0.5, 0.6) is 5.75 Å². The van der Waals surface area contributed by atoms with Crippen molar-refractivity contribution in [1.82, 2.24) is 9.80 Å². The van der Waals surface area contributed by atoms with Gasteiger partial charge in [0.25, 0.3) is 0 Å². The lowest BCUT2D eigenvalue weighted by Gasteiger charge is -2.34. The van der Waals surface area contributed by atoms with Gasteiger partial charge in [0.1, 0.15) is 12.4 Å².